The first kappa shape index (κ1) is 13.2. The van der Waals surface area contributed by atoms with Gasteiger partial charge in [-0.15, -0.1) is 0 Å². The van der Waals surface area contributed by atoms with E-state index in [9.17, 15) is 0 Å². The first-order valence-corrected chi connectivity index (χ1v) is 6.34. The molecule has 0 saturated carbocycles. The van der Waals surface area contributed by atoms with Crippen LogP contribution in [0.3, 0.4) is 0 Å². The van der Waals surface area contributed by atoms with Crippen molar-refractivity contribution in [3.8, 4) is 11.8 Å². The van der Waals surface area contributed by atoms with Crippen LogP contribution in [0.25, 0.3) is 0 Å². The number of nitrogens with zero attached hydrogens (tertiary/aromatic N) is 1. The summed E-state index contributed by atoms with van der Waals surface area (Å²) in [6.07, 6.45) is 0. The van der Waals surface area contributed by atoms with Gasteiger partial charge in [-0.25, -0.2) is 0 Å². The summed E-state index contributed by atoms with van der Waals surface area (Å²) in [5, 5.41) is 0. The molecule has 0 aliphatic rings. The summed E-state index contributed by atoms with van der Waals surface area (Å²) in [6, 6.07) is 18.5. The molecule has 0 fully saturated rings. The van der Waals surface area contributed by atoms with Crippen LogP contribution in [0.1, 0.15) is 11.1 Å². The van der Waals surface area contributed by atoms with Crippen LogP contribution in [0.5, 0.6) is 0 Å². The van der Waals surface area contributed by atoms with Crippen molar-refractivity contribution in [3.05, 3.63) is 65.7 Å². The predicted octanol–water partition coefficient (Wildman–Crippen LogP) is 2.63. The standard InChI is InChI=1S/C17H18N2/c1-19(17-11-3-2-4-12-17)14-16-9-6-5-8-15(16)10-7-13-18/h2-6,8-9,11-12H,13-14,18H2,1H3. The van der Waals surface area contributed by atoms with Gasteiger partial charge in [0.15, 0.2) is 0 Å². The highest BCUT2D eigenvalue weighted by Crippen LogP contribution is 2.16. The molecule has 0 saturated heterocycles. The molecule has 2 heteroatoms. The first-order valence-electron chi connectivity index (χ1n) is 6.34. The summed E-state index contributed by atoms with van der Waals surface area (Å²) >= 11 is 0. The van der Waals surface area contributed by atoms with Gasteiger partial charge >= 0.3 is 0 Å². The van der Waals surface area contributed by atoms with Crippen LogP contribution in [0.4, 0.5) is 5.69 Å². The molecule has 96 valence electrons. The lowest BCUT2D eigenvalue weighted by Gasteiger charge is -2.20. The molecule has 2 aromatic carbocycles. The lowest BCUT2D eigenvalue weighted by Crippen LogP contribution is -2.16. The summed E-state index contributed by atoms with van der Waals surface area (Å²) in [5.74, 6) is 6.05. The number of nitrogens with two attached hydrogens (primary N) is 1. The van der Waals surface area contributed by atoms with Gasteiger partial charge in [0.1, 0.15) is 0 Å². The number of hydrogen-bond acceptors (Lipinski definition) is 2. The van der Waals surface area contributed by atoms with Crippen LogP contribution in [-0.2, 0) is 6.54 Å². The second-order valence-corrected chi connectivity index (χ2v) is 4.35. The van der Waals surface area contributed by atoms with Gasteiger partial charge in [0.25, 0.3) is 0 Å². The highest BCUT2D eigenvalue weighted by Gasteiger charge is 2.04. The van der Waals surface area contributed by atoms with E-state index in [1.54, 1.807) is 0 Å². The molecule has 0 amide bonds. The molecule has 0 radical (unpaired) electrons. The van der Waals surface area contributed by atoms with Crippen LogP contribution >= 0.6 is 0 Å². The minimum atomic E-state index is 0.392. The zero-order chi connectivity index (χ0) is 13.5. The Bertz CT molecular complexity index is 579. The minimum Gasteiger partial charge on any atom is -0.370 e. The number of anilines is 1. The lowest BCUT2D eigenvalue weighted by molar-refractivity contribution is 0.920. The molecule has 0 aliphatic heterocycles. The molecule has 0 aliphatic carbocycles. The van der Waals surface area contributed by atoms with Gasteiger partial charge in [-0.2, -0.15) is 0 Å². The van der Waals surface area contributed by atoms with Gasteiger partial charge in [0.05, 0.1) is 6.54 Å². The van der Waals surface area contributed by atoms with E-state index in [0.717, 1.165) is 12.1 Å². The van der Waals surface area contributed by atoms with Crippen LogP contribution in [0.15, 0.2) is 54.6 Å². The minimum absolute atomic E-state index is 0.392. The number of hydrogen-bond donors (Lipinski definition) is 1. The smallest absolute Gasteiger partial charge is 0.0555 e. The summed E-state index contributed by atoms with van der Waals surface area (Å²) in [7, 11) is 2.09. The predicted molar refractivity (Wildman–Crippen MR) is 80.9 cm³/mol. The Morgan fingerprint density at radius 2 is 1.68 bits per heavy atom. The van der Waals surface area contributed by atoms with Gasteiger partial charge in [-0.1, -0.05) is 48.2 Å². The van der Waals surface area contributed by atoms with E-state index in [-0.39, 0.29) is 0 Å². The van der Waals surface area contributed by atoms with Crippen LogP contribution in [0, 0.1) is 11.8 Å². The Labute approximate surface area is 114 Å². The summed E-state index contributed by atoms with van der Waals surface area (Å²) in [4.78, 5) is 2.21. The normalized spacial score (nSPS) is 9.58. The maximum absolute atomic E-state index is 5.43. The molecule has 2 N–H and O–H groups in total. The van der Waals surface area contributed by atoms with Crippen molar-refractivity contribution in [2.75, 3.05) is 18.5 Å². The average molecular weight is 250 g/mol. The number of benzene rings is 2. The third-order valence-corrected chi connectivity index (χ3v) is 2.95. The van der Waals surface area contributed by atoms with Crippen LogP contribution in [0.2, 0.25) is 0 Å². The fourth-order valence-electron chi connectivity index (χ4n) is 1.96. The highest BCUT2D eigenvalue weighted by molar-refractivity contribution is 5.48. The second kappa shape index (κ2) is 6.63. The molecule has 0 aromatic heterocycles. The van der Waals surface area contributed by atoms with E-state index >= 15 is 0 Å². The third kappa shape index (κ3) is 3.61. The topological polar surface area (TPSA) is 29.3 Å². The molecular weight excluding hydrogens is 232 g/mol. The van der Waals surface area contributed by atoms with E-state index in [1.807, 2.05) is 36.4 Å². The molecule has 0 atom stereocenters. The molecule has 0 bridgehead atoms. The van der Waals surface area contributed by atoms with Crippen molar-refractivity contribution in [1.82, 2.24) is 0 Å². The molecule has 2 nitrogen and oxygen atoms in total. The van der Waals surface area contributed by atoms with E-state index < -0.39 is 0 Å². The lowest BCUT2D eigenvalue weighted by atomic mass is 10.1. The van der Waals surface area contributed by atoms with Crippen molar-refractivity contribution in [2.45, 2.75) is 6.54 Å². The van der Waals surface area contributed by atoms with Gasteiger partial charge in [-0.3, -0.25) is 0 Å². The fraction of sp³-hybridized carbons (Fsp3) is 0.176. The molecule has 19 heavy (non-hydrogen) atoms. The molecule has 2 rings (SSSR count). The highest BCUT2D eigenvalue weighted by atomic mass is 15.1. The second-order valence-electron chi connectivity index (χ2n) is 4.35. The Hall–Kier alpha value is -2.24. The summed E-state index contributed by atoms with van der Waals surface area (Å²) in [5.41, 5.74) is 8.90. The SMILES string of the molecule is CN(Cc1ccccc1C#CCN)c1ccccc1. The summed E-state index contributed by atoms with van der Waals surface area (Å²) < 4.78 is 0. The Kier molecular flexibility index (Phi) is 4.60. The van der Waals surface area contributed by atoms with E-state index in [4.69, 9.17) is 5.73 Å². The van der Waals surface area contributed by atoms with E-state index in [0.29, 0.717) is 6.54 Å². The summed E-state index contributed by atoms with van der Waals surface area (Å²) in [6.45, 7) is 1.22. The zero-order valence-corrected chi connectivity index (χ0v) is 11.1. The molecule has 0 heterocycles. The number of para-hydroxylation sites is 1. The van der Waals surface area contributed by atoms with E-state index in [2.05, 4.69) is 42.0 Å². The van der Waals surface area contributed by atoms with Gasteiger partial charge in [-0.05, 0) is 23.8 Å². The molecular formula is C17H18N2. The monoisotopic (exact) mass is 250 g/mol. The molecule has 2 aromatic rings. The zero-order valence-electron chi connectivity index (χ0n) is 11.1. The van der Waals surface area contributed by atoms with Crippen molar-refractivity contribution >= 4 is 5.69 Å². The van der Waals surface area contributed by atoms with Crippen LogP contribution in [-0.4, -0.2) is 13.6 Å². The van der Waals surface area contributed by atoms with Crippen molar-refractivity contribution in [2.24, 2.45) is 5.73 Å². The van der Waals surface area contributed by atoms with Crippen molar-refractivity contribution in [1.29, 1.82) is 0 Å². The van der Waals surface area contributed by atoms with Gasteiger partial charge in [0, 0.05) is 24.8 Å². The Morgan fingerprint density at radius 1 is 1.00 bits per heavy atom. The van der Waals surface area contributed by atoms with Crippen LogP contribution < -0.4 is 10.6 Å². The Balaban J connectivity index is 2.19. The maximum Gasteiger partial charge on any atom is 0.0555 e. The average Bonchev–Trinajstić information content (AvgIpc) is 2.47. The first-order chi connectivity index (χ1) is 9.31. The quantitative estimate of drug-likeness (QED) is 0.849. The van der Waals surface area contributed by atoms with E-state index in [1.165, 1.54) is 11.3 Å². The third-order valence-electron chi connectivity index (χ3n) is 2.95. The van der Waals surface area contributed by atoms with Gasteiger partial charge < -0.3 is 10.6 Å². The molecule has 0 spiro atoms. The Morgan fingerprint density at radius 3 is 2.42 bits per heavy atom. The van der Waals surface area contributed by atoms with Crippen molar-refractivity contribution < 1.29 is 0 Å². The molecule has 0 unspecified atom stereocenters. The van der Waals surface area contributed by atoms with Crippen molar-refractivity contribution in [3.63, 3.8) is 0 Å². The number of rotatable bonds is 3. The largest absolute Gasteiger partial charge is 0.370 e. The maximum atomic E-state index is 5.43. The fourth-order valence-corrected chi connectivity index (χ4v) is 1.96. The van der Waals surface area contributed by atoms with Gasteiger partial charge in [0.2, 0.25) is 0 Å².